The van der Waals surface area contributed by atoms with Crippen LogP contribution >= 0.6 is 0 Å². The molecule has 1 aromatic rings. The summed E-state index contributed by atoms with van der Waals surface area (Å²) in [5, 5.41) is 5.82. The second-order valence-electron chi connectivity index (χ2n) is 8.44. The second kappa shape index (κ2) is 8.53. The fraction of sp³-hybridized carbons (Fsp3) is 0.591. The number of amides is 4. The minimum Gasteiger partial charge on any atom is -0.353 e. The molecule has 2 saturated heterocycles. The molecular weight excluding hydrogens is 368 g/mol. The van der Waals surface area contributed by atoms with Crippen molar-refractivity contribution in [2.45, 2.75) is 56.5 Å². The molecule has 1 unspecified atom stereocenters. The lowest BCUT2D eigenvalue weighted by Gasteiger charge is -2.30. The third-order valence-electron chi connectivity index (χ3n) is 6.51. The summed E-state index contributed by atoms with van der Waals surface area (Å²) in [5.41, 5.74) is 0.392. The fourth-order valence-electron chi connectivity index (χ4n) is 4.91. The van der Waals surface area contributed by atoms with Gasteiger partial charge < -0.3 is 10.6 Å². The number of hydrogen-bond acceptors (Lipinski definition) is 4. The first-order chi connectivity index (χ1) is 14.1. The Morgan fingerprint density at radius 2 is 1.72 bits per heavy atom. The molecule has 2 aliphatic heterocycles. The van der Waals surface area contributed by atoms with Crippen LogP contribution in [0.5, 0.6) is 0 Å². The van der Waals surface area contributed by atoms with E-state index < -0.39 is 11.6 Å². The highest BCUT2D eigenvalue weighted by Gasteiger charge is 2.51. The number of urea groups is 1. The molecule has 1 aromatic carbocycles. The van der Waals surface area contributed by atoms with Crippen LogP contribution in [-0.4, -0.2) is 59.4 Å². The van der Waals surface area contributed by atoms with Gasteiger partial charge in [-0.05, 0) is 44.3 Å². The summed E-state index contributed by atoms with van der Waals surface area (Å²) in [6, 6.07) is 9.84. The van der Waals surface area contributed by atoms with E-state index in [0.29, 0.717) is 19.4 Å². The number of hydrogen-bond donors (Lipinski definition) is 2. The van der Waals surface area contributed by atoms with Gasteiger partial charge in [-0.15, -0.1) is 0 Å². The molecule has 1 aliphatic carbocycles. The molecule has 1 saturated carbocycles. The van der Waals surface area contributed by atoms with E-state index in [0.717, 1.165) is 37.3 Å². The molecule has 7 nitrogen and oxygen atoms in total. The second-order valence-corrected chi connectivity index (χ2v) is 8.44. The molecule has 0 aromatic heterocycles. The molecule has 29 heavy (non-hydrogen) atoms. The molecule has 7 heteroatoms. The quantitative estimate of drug-likeness (QED) is 0.720. The van der Waals surface area contributed by atoms with Gasteiger partial charge in [-0.1, -0.05) is 49.6 Å². The van der Waals surface area contributed by atoms with Crippen LogP contribution in [0.25, 0.3) is 0 Å². The average Bonchev–Trinajstić information content (AvgIpc) is 3.34. The summed E-state index contributed by atoms with van der Waals surface area (Å²) < 4.78 is 0. The normalized spacial score (nSPS) is 22.7. The summed E-state index contributed by atoms with van der Waals surface area (Å²) >= 11 is 0. The standard InChI is InChI=1S/C22H30N4O3/c27-19(16-26-20(28)22(24-21(26)29)11-5-2-6-12-22)23-15-18(25-13-7-8-14-25)17-9-3-1-4-10-17/h1,3-4,9-10,18H,2,5-8,11-16H2,(H,23,27)(H,24,29). The number of nitrogens with one attached hydrogen (secondary N) is 2. The number of benzene rings is 1. The van der Waals surface area contributed by atoms with Crippen LogP contribution in [-0.2, 0) is 9.59 Å². The van der Waals surface area contributed by atoms with Crippen LogP contribution in [0.2, 0.25) is 0 Å². The van der Waals surface area contributed by atoms with Gasteiger partial charge in [-0.25, -0.2) is 4.79 Å². The van der Waals surface area contributed by atoms with Crippen molar-refractivity contribution in [2.24, 2.45) is 0 Å². The van der Waals surface area contributed by atoms with Crippen LogP contribution in [0.1, 0.15) is 56.6 Å². The summed E-state index contributed by atoms with van der Waals surface area (Å²) in [7, 11) is 0. The van der Waals surface area contributed by atoms with Gasteiger partial charge in [0.1, 0.15) is 12.1 Å². The Bertz CT molecular complexity index is 755. The molecule has 3 fully saturated rings. The smallest absolute Gasteiger partial charge is 0.325 e. The summed E-state index contributed by atoms with van der Waals surface area (Å²) in [6.07, 6.45) is 6.62. The van der Waals surface area contributed by atoms with E-state index in [1.54, 1.807) is 0 Å². The molecule has 0 bridgehead atoms. The highest BCUT2D eigenvalue weighted by Crippen LogP contribution is 2.33. The van der Waals surface area contributed by atoms with Crippen molar-refractivity contribution < 1.29 is 14.4 Å². The molecule has 1 atom stereocenters. The number of nitrogens with zero attached hydrogens (tertiary/aromatic N) is 2. The summed E-state index contributed by atoms with van der Waals surface area (Å²) in [6.45, 7) is 2.29. The van der Waals surface area contributed by atoms with E-state index >= 15 is 0 Å². The van der Waals surface area contributed by atoms with Gasteiger partial charge >= 0.3 is 6.03 Å². The van der Waals surface area contributed by atoms with Crippen molar-refractivity contribution in [1.82, 2.24) is 20.4 Å². The topological polar surface area (TPSA) is 81.8 Å². The fourth-order valence-corrected chi connectivity index (χ4v) is 4.91. The van der Waals surface area contributed by atoms with Gasteiger partial charge in [-0.3, -0.25) is 19.4 Å². The maximum Gasteiger partial charge on any atom is 0.325 e. The molecule has 2 heterocycles. The van der Waals surface area contributed by atoms with Gasteiger partial charge in [0.2, 0.25) is 5.91 Å². The molecular formula is C22H30N4O3. The van der Waals surface area contributed by atoms with Crippen molar-refractivity contribution in [2.75, 3.05) is 26.2 Å². The minimum atomic E-state index is -0.780. The van der Waals surface area contributed by atoms with Crippen LogP contribution in [0, 0.1) is 0 Å². The molecule has 2 N–H and O–H groups in total. The zero-order chi connectivity index (χ0) is 20.3. The Balaban J connectivity index is 1.37. The van der Waals surface area contributed by atoms with E-state index in [9.17, 15) is 14.4 Å². The third kappa shape index (κ3) is 4.15. The van der Waals surface area contributed by atoms with Crippen LogP contribution in [0.4, 0.5) is 4.79 Å². The maximum absolute atomic E-state index is 12.9. The third-order valence-corrected chi connectivity index (χ3v) is 6.51. The van der Waals surface area contributed by atoms with Crippen molar-refractivity contribution >= 4 is 17.8 Å². The molecule has 156 valence electrons. The first-order valence-electron chi connectivity index (χ1n) is 10.8. The Kier molecular flexibility index (Phi) is 5.85. The monoisotopic (exact) mass is 398 g/mol. The van der Waals surface area contributed by atoms with Crippen molar-refractivity contribution in [3.8, 4) is 0 Å². The summed E-state index contributed by atoms with van der Waals surface area (Å²) in [4.78, 5) is 41.3. The van der Waals surface area contributed by atoms with Crippen LogP contribution in [0.15, 0.2) is 30.3 Å². The predicted molar refractivity (Wildman–Crippen MR) is 109 cm³/mol. The molecule has 3 aliphatic rings. The average molecular weight is 399 g/mol. The van der Waals surface area contributed by atoms with Gasteiger partial charge in [-0.2, -0.15) is 0 Å². The first kappa shape index (κ1) is 19.9. The number of imide groups is 1. The zero-order valence-corrected chi connectivity index (χ0v) is 16.9. The predicted octanol–water partition coefficient (Wildman–Crippen LogP) is 2.19. The number of carbonyl (C=O) groups is 3. The maximum atomic E-state index is 12.9. The Labute approximate surface area is 171 Å². The number of carbonyl (C=O) groups excluding carboxylic acids is 3. The lowest BCUT2D eigenvalue weighted by atomic mass is 9.82. The van der Waals surface area contributed by atoms with Crippen molar-refractivity contribution in [3.05, 3.63) is 35.9 Å². The van der Waals surface area contributed by atoms with Crippen molar-refractivity contribution in [3.63, 3.8) is 0 Å². The summed E-state index contributed by atoms with van der Waals surface area (Å²) in [5.74, 6) is -0.530. The van der Waals surface area contributed by atoms with Crippen LogP contribution < -0.4 is 10.6 Å². The van der Waals surface area contributed by atoms with E-state index in [2.05, 4.69) is 27.7 Å². The van der Waals surface area contributed by atoms with E-state index in [-0.39, 0.29) is 24.4 Å². The number of rotatable bonds is 6. The zero-order valence-electron chi connectivity index (χ0n) is 16.9. The largest absolute Gasteiger partial charge is 0.353 e. The van der Waals surface area contributed by atoms with Gasteiger partial charge in [0.05, 0.1) is 6.04 Å². The van der Waals surface area contributed by atoms with E-state index in [1.807, 2.05) is 18.2 Å². The van der Waals surface area contributed by atoms with Gasteiger partial charge in [0, 0.05) is 6.54 Å². The Hall–Kier alpha value is -2.41. The SMILES string of the molecule is O=C(CN1C(=O)NC2(CCCCC2)C1=O)NCC(c1ccccc1)N1CCCC1. The van der Waals surface area contributed by atoms with Gasteiger partial charge in [0.25, 0.3) is 5.91 Å². The van der Waals surface area contributed by atoms with Crippen LogP contribution in [0.3, 0.4) is 0 Å². The molecule has 4 amide bonds. The highest BCUT2D eigenvalue weighted by atomic mass is 16.2. The molecule has 0 radical (unpaired) electrons. The van der Waals surface area contributed by atoms with Crippen molar-refractivity contribution in [1.29, 1.82) is 0 Å². The highest BCUT2D eigenvalue weighted by molar-refractivity contribution is 6.09. The first-order valence-corrected chi connectivity index (χ1v) is 10.8. The number of likely N-dealkylation sites (tertiary alicyclic amines) is 1. The Morgan fingerprint density at radius 1 is 1.03 bits per heavy atom. The minimum absolute atomic E-state index is 0.107. The Morgan fingerprint density at radius 3 is 2.41 bits per heavy atom. The van der Waals surface area contributed by atoms with E-state index in [4.69, 9.17) is 0 Å². The lowest BCUT2D eigenvalue weighted by molar-refractivity contribution is -0.135. The van der Waals surface area contributed by atoms with Gasteiger partial charge in [0.15, 0.2) is 0 Å². The molecule has 4 rings (SSSR count). The lowest BCUT2D eigenvalue weighted by Crippen LogP contribution is -2.49. The molecule has 1 spiro atoms. The van der Waals surface area contributed by atoms with E-state index in [1.165, 1.54) is 18.4 Å².